The third-order valence-corrected chi connectivity index (χ3v) is 3.55. The van der Waals surface area contributed by atoms with Crippen LogP contribution in [0.3, 0.4) is 0 Å². The number of carbonyl (C=O) groups is 1. The third-order valence-electron chi connectivity index (χ3n) is 3.06. The van der Waals surface area contributed by atoms with Crippen molar-refractivity contribution in [3.63, 3.8) is 0 Å². The number of amides is 1. The van der Waals surface area contributed by atoms with E-state index in [1.165, 1.54) is 0 Å². The van der Waals surface area contributed by atoms with Gasteiger partial charge in [-0.2, -0.15) is 0 Å². The van der Waals surface area contributed by atoms with Gasteiger partial charge in [-0.05, 0) is 39.0 Å². The molecule has 0 fully saturated rings. The fourth-order valence-corrected chi connectivity index (χ4v) is 2.54. The summed E-state index contributed by atoms with van der Waals surface area (Å²) in [5, 5.41) is 10.9. The van der Waals surface area contributed by atoms with Crippen LogP contribution in [0.1, 0.15) is 31.3 Å². The number of rotatable bonds is 4. The van der Waals surface area contributed by atoms with Crippen molar-refractivity contribution in [2.75, 3.05) is 13.1 Å². The van der Waals surface area contributed by atoms with Gasteiger partial charge in [0, 0.05) is 28.5 Å². The normalized spacial score (nSPS) is 11.8. The fourth-order valence-electron chi connectivity index (χ4n) is 2.18. The van der Waals surface area contributed by atoms with Gasteiger partial charge >= 0.3 is 0 Å². The van der Waals surface area contributed by atoms with Crippen molar-refractivity contribution in [2.45, 2.75) is 26.4 Å². The molecular weight excluding hydrogens is 320 g/mol. The van der Waals surface area contributed by atoms with Gasteiger partial charge in [0.2, 0.25) is 0 Å². The van der Waals surface area contributed by atoms with E-state index in [1.54, 1.807) is 18.7 Å². The number of hydrogen-bond donors (Lipinski definition) is 2. The number of nitrogens with one attached hydrogen (secondary N) is 1. The molecule has 1 heterocycles. The zero-order chi connectivity index (χ0) is 14.9. The summed E-state index contributed by atoms with van der Waals surface area (Å²) in [5.41, 5.74) is 0.562. The van der Waals surface area contributed by atoms with Crippen LogP contribution in [0.15, 0.2) is 28.7 Å². The summed E-state index contributed by atoms with van der Waals surface area (Å²) in [4.78, 5) is 17.3. The van der Waals surface area contributed by atoms with Crippen LogP contribution in [0.2, 0.25) is 0 Å². The highest BCUT2D eigenvalue weighted by Crippen LogP contribution is 2.21. The molecule has 4 nitrogen and oxygen atoms in total. The molecule has 2 rings (SSSR count). The lowest BCUT2D eigenvalue weighted by Gasteiger charge is -2.27. The Balaban J connectivity index is 2.29. The zero-order valence-corrected chi connectivity index (χ0v) is 13.5. The average Bonchev–Trinajstić information content (AvgIpc) is 2.76. The molecule has 2 N–H and O–H groups in total. The van der Waals surface area contributed by atoms with Gasteiger partial charge in [0.25, 0.3) is 5.91 Å². The van der Waals surface area contributed by atoms with Crippen molar-refractivity contribution < 1.29 is 9.90 Å². The van der Waals surface area contributed by atoms with E-state index in [9.17, 15) is 9.90 Å². The molecule has 0 radical (unpaired) electrons. The first-order valence-electron chi connectivity index (χ1n) is 6.60. The number of H-pyrrole nitrogens is 1. The summed E-state index contributed by atoms with van der Waals surface area (Å²) in [7, 11) is 0. The van der Waals surface area contributed by atoms with Gasteiger partial charge in [-0.25, -0.2) is 0 Å². The molecule has 0 bridgehead atoms. The topological polar surface area (TPSA) is 56.3 Å². The number of nitrogens with zero attached hydrogens (tertiary/aromatic N) is 1. The Hall–Kier alpha value is -1.33. The van der Waals surface area contributed by atoms with Crippen LogP contribution in [0.4, 0.5) is 0 Å². The van der Waals surface area contributed by atoms with E-state index < -0.39 is 5.60 Å². The largest absolute Gasteiger partial charge is 0.389 e. The summed E-state index contributed by atoms with van der Waals surface area (Å²) in [6.45, 7) is 6.17. The quantitative estimate of drug-likeness (QED) is 0.899. The summed E-state index contributed by atoms with van der Waals surface area (Å²) in [5.74, 6) is -0.0954. The molecule has 0 saturated heterocycles. The maximum Gasteiger partial charge on any atom is 0.270 e. The van der Waals surface area contributed by atoms with Crippen LogP contribution < -0.4 is 0 Å². The Morgan fingerprint density at radius 1 is 1.40 bits per heavy atom. The molecular formula is C15H19BrN2O2. The summed E-state index contributed by atoms with van der Waals surface area (Å²) in [6, 6.07) is 7.69. The highest BCUT2D eigenvalue weighted by atomic mass is 79.9. The van der Waals surface area contributed by atoms with Gasteiger partial charge in [0.05, 0.1) is 5.60 Å². The van der Waals surface area contributed by atoms with Gasteiger partial charge in [0.1, 0.15) is 5.69 Å². The number of likely N-dealkylation sites (N-methyl/N-ethyl adjacent to an activating group) is 1. The Bertz CT molecular complexity index is 628. The molecule has 20 heavy (non-hydrogen) atoms. The van der Waals surface area contributed by atoms with E-state index in [0.29, 0.717) is 18.8 Å². The lowest BCUT2D eigenvalue weighted by Crippen LogP contribution is -2.42. The monoisotopic (exact) mass is 338 g/mol. The van der Waals surface area contributed by atoms with E-state index >= 15 is 0 Å². The number of benzene rings is 1. The molecule has 1 aromatic heterocycles. The summed E-state index contributed by atoms with van der Waals surface area (Å²) < 4.78 is 0.967. The summed E-state index contributed by atoms with van der Waals surface area (Å²) >= 11 is 3.41. The predicted molar refractivity (Wildman–Crippen MR) is 83.9 cm³/mol. The number of aromatic nitrogens is 1. The smallest absolute Gasteiger partial charge is 0.270 e. The second kappa shape index (κ2) is 5.58. The molecule has 108 valence electrons. The van der Waals surface area contributed by atoms with Crippen LogP contribution in [0, 0.1) is 0 Å². The van der Waals surface area contributed by atoms with Crippen molar-refractivity contribution in [1.29, 1.82) is 0 Å². The SMILES string of the molecule is CCN(CC(C)(C)O)C(=O)c1cc2ccc(Br)cc2[nH]1. The van der Waals surface area contributed by atoms with Crippen LogP contribution in [0.25, 0.3) is 10.9 Å². The fraction of sp³-hybridized carbons (Fsp3) is 0.400. The van der Waals surface area contributed by atoms with Crippen molar-refractivity contribution in [1.82, 2.24) is 9.88 Å². The van der Waals surface area contributed by atoms with Crippen molar-refractivity contribution >= 4 is 32.7 Å². The minimum atomic E-state index is -0.902. The van der Waals surface area contributed by atoms with E-state index in [0.717, 1.165) is 15.4 Å². The lowest BCUT2D eigenvalue weighted by molar-refractivity contribution is 0.0312. The molecule has 0 unspecified atom stereocenters. The molecule has 0 aliphatic carbocycles. The first kappa shape index (κ1) is 15.1. The first-order chi connectivity index (χ1) is 9.30. The maximum absolute atomic E-state index is 12.5. The molecule has 1 amide bonds. The maximum atomic E-state index is 12.5. The lowest BCUT2D eigenvalue weighted by atomic mass is 10.1. The van der Waals surface area contributed by atoms with E-state index in [1.807, 2.05) is 31.2 Å². The van der Waals surface area contributed by atoms with Gasteiger partial charge in [0.15, 0.2) is 0 Å². The molecule has 5 heteroatoms. The molecule has 0 saturated carbocycles. The van der Waals surface area contributed by atoms with E-state index in [2.05, 4.69) is 20.9 Å². The van der Waals surface area contributed by atoms with Gasteiger partial charge in [-0.1, -0.05) is 22.0 Å². The number of aromatic amines is 1. The minimum absolute atomic E-state index is 0.0954. The second-order valence-corrected chi connectivity index (χ2v) is 6.46. The van der Waals surface area contributed by atoms with E-state index in [-0.39, 0.29) is 5.91 Å². The Morgan fingerprint density at radius 3 is 2.70 bits per heavy atom. The van der Waals surface area contributed by atoms with Crippen molar-refractivity contribution in [3.8, 4) is 0 Å². The molecule has 1 aromatic carbocycles. The second-order valence-electron chi connectivity index (χ2n) is 5.55. The number of fused-ring (bicyclic) bond motifs is 1. The molecule has 0 atom stereocenters. The van der Waals surface area contributed by atoms with Gasteiger partial charge in [-0.3, -0.25) is 4.79 Å². The highest BCUT2D eigenvalue weighted by molar-refractivity contribution is 9.10. The standard InChI is InChI=1S/C15H19BrN2O2/c1-4-18(9-15(2,3)20)14(19)13-7-10-5-6-11(16)8-12(10)17-13/h5-8,17,20H,4,9H2,1-3H3. The van der Waals surface area contributed by atoms with Crippen molar-refractivity contribution in [2.24, 2.45) is 0 Å². The van der Waals surface area contributed by atoms with Gasteiger partial charge < -0.3 is 15.0 Å². The van der Waals surface area contributed by atoms with Crippen LogP contribution in [0.5, 0.6) is 0 Å². The summed E-state index contributed by atoms with van der Waals surface area (Å²) in [6.07, 6.45) is 0. The molecule has 2 aromatic rings. The number of hydrogen-bond acceptors (Lipinski definition) is 2. The average molecular weight is 339 g/mol. The Kier molecular flexibility index (Phi) is 4.20. The number of halogens is 1. The predicted octanol–water partition coefficient (Wildman–Crippen LogP) is 3.16. The number of carbonyl (C=O) groups excluding carboxylic acids is 1. The molecule has 0 spiro atoms. The first-order valence-corrected chi connectivity index (χ1v) is 7.39. The van der Waals surface area contributed by atoms with Crippen LogP contribution in [-0.4, -0.2) is 39.6 Å². The molecule has 0 aliphatic rings. The van der Waals surface area contributed by atoms with Crippen LogP contribution in [-0.2, 0) is 0 Å². The van der Waals surface area contributed by atoms with E-state index in [4.69, 9.17) is 0 Å². The molecule has 0 aliphatic heterocycles. The van der Waals surface area contributed by atoms with Crippen molar-refractivity contribution in [3.05, 3.63) is 34.4 Å². The Labute approximate surface area is 126 Å². The highest BCUT2D eigenvalue weighted by Gasteiger charge is 2.23. The number of aliphatic hydroxyl groups is 1. The third kappa shape index (κ3) is 3.41. The van der Waals surface area contributed by atoms with Crippen LogP contribution >= 0.6 is 15.9 Å². The Morgan fingerprint density at radius 2 is 2.10 bits per heavy atom. The minimum Gasteiger partial charge on any atom is -0.389 e. The zero-order valence-electron chi connectivity index (χ0n) is 11.9. The van der Waals surface area contributed by atoms with Gasteiger partial charge in [-0.15, -0.1) is 0 Å².